The first-order chi connectivity index (χ1) is 11.0. The van der Waals surface area contributed by atoms with Crippen LogP contribution in [-0.4, -0.2) is 25.2 Å². The van der Waals surface area contributed by atoms with E-state index >= 15 is 0 Å². The summed E-state index contributed by atoms with van der Waals surface area (Å²) in [5.41, 5.74) is -0.793. The summed E-state index contributed by atoms with van der Waals surface area (Å²) < 4.78 is 61.8. The van der Waals surface area contributed by atoms with Gasteiger partial charge in [-0.3, -0.25) is 4.79 Å². The maximum absolute atomic E-state index is 12.9. The highest BCUT2D eigenvalue weighted by Crippen LogP contribution is 2.32. The molecule has 24 heavy (non-hydrogen) atoms. The fourth-order valence-corrected chi connectivity index (χ4v) is 3.37. The van der Waals surface area contributed by atoms with Gasteiger partial charge >= 0.3 is 6.18 Å². The molecular formula is C17H23F3O3S. The van der Waals surface area contributed by atoms with Gasteiger partial charge in [-0.2, -0.15) is 13.2 Å². The van der Waals surface area contributed by atoms with Gasteiger partial charge in [0, 0.05) is 12.8 Å². The van der Waals surface area contributed by atoms with Crippen molar-refractivity contribution in [3.63, 3.8) is 0 Å². The van der Waals surface area contributed by atoms with Crippen LogP contribution in [0.3, 0.4) is 0 Å². The van der Waals surface area contributed by atoms with Crippen LogP contribution in [0, 0.1) is 0 Å². The van der Waals surface area contributed by atoms with E-state index in [0.717, 1.165) is 6.07 Å². The van der Waals surface area contributed by atoms with Gasteiger partial charge in [-0.1, -0.05) is 24.6 Å². The van der Waals surface area contributed by atoms with E-state index in [1.54, 1.807) is 13.8 Å². The number of benzene rings is 1. The lowest BCUT2D eigenvalue weighted by Gasteiger charge is -2.12. The largest absolute Gasteiger partial charge is 0.416 e. The molecule has 0 fully saturated rings. The van der Waals surface area contributed by atoms with Crippen LogP contribution in [0.5, 0.6) is 0 Å². The number of carbonyl (C=O) groups is 1. The predicted octanol–water partition coefficient (Wildman–Crippen LogP) is 4.20. The van der Waals surface area contributed by atoms with Gasteiger partial charge in [0.1, 0.15) is 5.78 Å². The Bertz CT molecular complexity index is 649. The minimum absolute atomic E-state index is 0.0163. The molecule has 0 aromatic heterocycles. The standard InChI is InChI=1S/C17H23F3O3S/c1-13(2)24(22,23)11-7-3-4-9-15(21)12-14-8-5-6-10-16(14)17(18,19)20/h5-6,8,10,13H,3-4,7,9,11-12H2,1-2H3. The summed E-state index contributed by atoms with van der Waals surface area (Å²) in [6.07, 6.45) is -3.04. The van der Waals surface area contributed by atoms with Gasteiger partial charge in [0.15, 0.2) is 9.84 Å². The lowest BCUT2D eigenvalue weighted by Crippen LogP contribution is -2.17. The fraction of sp³-hybridized carbons (Fsp3) is 0.588. The van der Waals surface area contributed by atoms with E-state index in [4.69, 9.17) is 0 Å². The zero-order valence-electron chi connectivity index (χ0n) is 13.9. The van der Waals surface area contributed by atoms with E-state index < -0.39 is 26.8 Å². The number of sulfone groups is 1. The molecule has 0 amide bonds. The van der Waals surface area contributed by atoms with Crippen molar-refractivity contribution in [1.29, 1.82) is 0 Å². The molecule has 0 aliphatic carbocycles. The third kappa shape index (κ3) is 6.63. The fourth-order valence-electron chi connectivity index (χ4n) is 2.29. The summed E-state index contributed by atoms with van der Waals surface area (Å²) in [5.74, 6) is -0.186. The molecule has 0 heterocycles. The smallest absolute Gasteiger partial charge is 0.299 e. The van der Waals surface area contributed by atoms with E-state index in [-0.39, 0.29) is 29.9 Å². The molecule has 1 aromatic rings. The third-order valence-electron chi connectivity index (χ3n) is 3.81. The Labute approximate surface area is 141 Å². The number of alkyl halides is 3. The summed E-state index contributed by atoms with van der Waals surface area (Å²) >= 11 is 0. The average Bonchev–Trinajstić information content (AvgIpc) is 2.46. The Hall–Kier alpha value is -1.37. The molecule has 0 bridgehead atoms. The summed E-state index contributed by atoms with van der Waals surface area (Å²) in [7, 11) is -3.08. The molecule has 0 aliphatic rings. The van der Waals surface area contributed by atoms with Crippen LogP contribution in [0.15, 0.2) is 24.3 Å². The Morgan fingerprint density at radius 2 is 1.71 bits per heavy atom. The predicted molar refractivity (Wildman–Crippen MR) is 87.5 cm³/mol. The first-order valence-electron chi connectivity index (χ1n) is 7.92. The van der Waals surface area contributed by atoms with Crippen molar-refractivity contribution in [3.8, 4) is 0 Å². The van der Waals surface area contributed by atoms with Crippen molar-refractivity contribution in [3.05, 3.63) is 35.4 Å². The second kappa shape index (κ2) is 8.65. The van der Waals surface area contributed by atoms with E-state index in [1.165, 1.54) is 18.2 Å². The van der Waals surface area contributed by atoms with Crippen molar-refractivity contribution < 1.29 is 26.4 Å². The molecule has 0 aliphatic heterocycles. The summed E-state index contributed by atoms with van der Waals surface area (Å²) in [4.78, 5) is 11.9. The summed E-state index contributed by atoms with van der Waals surface area (Å²) in [6, 6.07) is 5.07. The van der Waals surface area contributed by atoms with Crippen LogP contribution in [0.25, 0.3) is 0 Å². The van der Waals surface area contributed by atoms with Gasteiger partial charge in [-0.05, 0) is 38.3 Å². The molecule has 0 radical (unpaired) electrons. The SMILES string of the molecule is CC(C)S(=O)(=O)CCCCCC(=O)Cc1ccccc1C(F)(F)F. The van der Waals surface area contributed by atoms with Crippen LogP contribution >= 0.6 is 0 Å². The number of Topliss-reactive ketones (excluding diaryl/α,β-unsaturated/α-hetero) is 1. The zero-order chi connectivity index (χ0) is 18.4. The van der Waals surface area contributed by atoms with Crippen LogP contribution in [0.1, 0.15) is 50.7 Å². The molecule has 0 saturated carbocycles. The van der Waals surface area contributed by atoms with E-state index in [0.29, 0.717) is 19.3 Å². The van der Waals surface area contributed by atoms with E-state index in [9.17, 15) is 26.4 Å². The van der Waals surface area contributed by atoms with Crippen molar-refractivity contribution >= 4 is 15.6 Å². The average molecular weight is 364 g/mol. The number of rotatable bonds is 9. The van der Waals surface area contributed by atoms with Crippen LogP contribution in [0.2, 0.25) is 0 Å². The number of carbonyl (C=O) groups excluding carboxylic acids is 1. The van der Waals surface area contributed by atoms with Crippen molar-refractivity contribution in [2.75, 3.05) is 5.75 Å². The topological polar surface area (TPSA) is 51.2 Å². The lowest BCUT2D eigenvalue weighted by atomic mass is 9.99. The van der Waals surface area contributed by atoms with Gasteiger partial charge < -0.3 is 0 Å². The van der Waals surface area contributed by atoms with Gasteiger partial charge in [0.2, 0.25) is 0 Å². The summed E-state index contributed by atoms with van der Waals surface area (Å²) in [6.45, 7) is 3.24. The second-order valence-corrected chi connectivity index (χ2v) is 8.77. The third-order valence-corrected chi connectivity index (χ3v) is 6.11. The molecule has 0 N–H and O–H groups in total. The van der Waals surface area contributed by atoms with Crippen LogP contribution < -0.4 is 0 Å². The van der Waals surface area contributed by atoms with Gasteiger partial charge in [-0.15, -0.1) is 0 Å². The van der Waals surface area contributed by atoms with Crippen molar-refractivity contribution in [1.82, 2.24) is 0 Å². The van der Waals surface area contributed by atoms with E-state index in [1.807, 2.05) is 0 Å². The maximum Gasteiger partial charge on any atom is 0.416 e. The molecule has 1 rings (SSSR count). The molecule has 7 heteroatoms. The maximum atomic E-state index is 12.9. The second-order valence-electron chi connectivity index (χ2n) is 6.10. The van der Waals surface area contributed by atoms with Gasteiger partial charge in [-0.25, -0.2) is 8.42 Å². The number of unbranched alkanes of at least 4 members (excludes halogenated alkanes) is 2. The highest BCUT2D eigenvalue weighted by atomic mass is 32.2. The van der Waals surface area contributed by atoms with Gasteiger partial charge in [0.25, 0.3) is 0 Å². The Kier molecular flexibility index (Phi) is 7.45. The quantitative estimate of drug-likeness (QED) is 0.617. The highest BCUT2D eigenvalue weighted by molar-refractivity contribution is 7.91. The van der Waals surface area contributed by atoms with E-state index in [2.05, 4.69) is 0 Å². The van der Waals surface area contributed by atoms with Crippen LogP contribution in [-0.2, 0) is 27.2 Å². The molecular weight excluding hydrogens is 341 g/mol. The number of hydrogen-bond donors (Lipinski definition) is 0. The molecule has 0 spiro atoms. The molecule has 0 unspecified atom stereocenters. The first-order valence-corrected chi connectivity index (χ1v) is 9.64. The normalized spacial score (nSPS) is 12.6. The van der Waals surface area contributed by atoms with Crippen LogP contribution in [0.4, 0.5) is 13.2 Å². The molecule has 136 valence electrons. The Morgan fingerprint density at radius 3 is 2.29 bits per heavy atom. The molecule has 0 saturated heterocycles. The number of ketones is 1. The highest BCUT2D eigenvalue weighted by Gasteiger charge is 2.33. The zero-order valence-corrected chi connectivity index (χ0v) is 14.7. The first kappa shape index (κ1) is 20.7. The lowest BCUT2D eigenvalue weighted by molar-refractivity contribution is -0.138. The summed E-state index contributed by atoms with van der Waals surface area (Å²) in [5, 5.41) is -0.419. The molecule has 3 nitrogen and oxygen atoms in total. The van der Waals surface area contributed by atoms with Crippen molar-refractivity contribution in [2.45, 2.75) is 57.4 Å². The monoisotopic (exact) mass is 364 g/mol. The molecule has 0 atom stereocenters. The van der Waals surface area contributed by atoms with Gasteiger partial charge in [0.05, 0.1) is 16.6 Å². The number of hydrogen-bond acceptors (Lipinski definition) is 3. The minimum atomic E-state index is -4.47. The Morgan fingerprint density at radius 1 is 1.08 bits per heavy atom. The number of halogens is 3. The Balaban J connectivity index is 2.44. The molecule has 1 aromatic carbocycles. The van der Waals surface area contributed by atoms with Crippen molar-refractivity contribution in [2.24, 2.45) is 0 Å². The minimum Gasteiger partial charge on any atom is -0.299 e.